The van der Waals surface area contributed by atoms with E-state index in [4.69, 9.17) is 19.8 Å². The average Bonchev–Trinajstić information content (AvgIpc) is 1.41. The summed E-state index contributed by atoms with van der Waals surface area (Å²) < 4.78 is 9.00. The lowest BCUT2D eigenvalue weighted by atomic mass is 13.1. The molecule has 0 rings (SSSR count). The molecule has 0 amide bonds. The van der Waals surface area contributed by atoms with Gasteiger partial charge in [-0.3, -0.25) is 0 Å². The molecule has 6 heavy (non-hydrogen) atoms. The summed E-state index contributed by atoms with van der Waals surface area (Å²) in [6.07, 6.45) is 0. The summed E-state index contributed by atoms with van der Waals surface area (Å²) >= 11 is 0. The first-order chi connectivity index (χ1) is 2.73. The second-order valence-corrected chi connectivity index (χ2v) is 0.238. The van der Waals surface area contributed by atoms with Gasteiger partial charge in [0.05, 0.1) is 0 Å². The van der Waals surface area contributed by atoms with Gasteiger partial charge in [-0.1, -0.05) is 0 Å². The zero-order valence-electron chi connectivity index (χ0n) is 2.67. The molecule has 0 radical (unpaired) electrons. The fourth-order valence-corrected chi connectivity index (χ4v) is 0. The molecule has 6 heteroatoms. The van der Waals surface area contributed by atoms with E-state index < -0.39 is 5.09 Å². The number of hydrogen-bond acceptors (Lipinski definition) is 3. The molecule has 0 saturated heterocycles. The van der Waals surface area contributed by atoms with Gasteiger partial charge in [0.1, 0.15) is 0 Å². The summed E-state index contributed by atoms with van der Waals surface area (Å²) in [6.45, 7) is 0. The lowest BCUT2D eigenvalue weighted by Gasteiger charge is -1.56. The summed E-state index contributed by atoms with van der Waals surface area (Å²) in [5.41, 5.74) is 0. The molecule has 0 aliphatic carbocycles. The maximum Gasteiger partial charge on any atom is 0.291 e. The van der Waals surface area contributed by atoms with Crippen molar-refractivity contribution in [2.75, 3.05) is 0 Å². The van der Waals surface area contributed by atoms with Gasteiger partial charge in [-0.15, -0.1) is 14.6 Å². The summed E-state index contributed by atoms with van der Waals surface area (Å²) in [7, 11) is 0. The number of nitrogens with two attached hydrogens (primary N) is 1. The number of rotatable bonds is 0. The molecule has 0 heterocycles. The van der Waals surface area contributed by atoms with Gasteiger partial charge in [-0.05, 0) is 0 Å². The van der Waals surface area contributed by atoms with Crippen LogP contribution in [0.5, 0.6) is 0 Å². The van der Waals surface area contributed by atoms with E-state index in [1.165, 1.54) is 0 Å². The molecule has 0 bridgehead atoms. The fourth-order valence-electron chi connectivity index (χ4n) is 0. The number of hydrogen-bond donors (Lipinski definition) is 2. The summed E-state index contributed by atoms with van der Waals surface area (Å²) in [5, 5.41) is 13.6. The summed E-state index contributed by atoms with van der Waals surface area (Å²) in [6, 6.07) is 0. The van der Waals surface area contributed by atoms with Gasteiger partial charge in [-0.2, -0.15) is 5.96 Å². The van der Waals surface area contributed by atoms with Gasteiger partial charge >= 0.3 is 0 Å². The van der Waals surface area contributed by atoms with E-state index in [1.807, 2.05) is 0 Å². The molecule has 5 nitrogen and oxygen atoms in total. The highest BCUT2D eigenvalue weighted by molar-refractivity contribution is 3.83. The topological polar surface area (TPSA) is 89.4 Å². The van der Waals surface area contributed by atoms with Crippen molar-refractivity contribution in [3.8, 4) is 0 Å². The molecule has 0 spiro atoms. The normalized spacial score (nSPS) is 5.00. The molecule has 3 N–H and O–H groups in total. The van der Waals surface area contributed by atoms with E-state index in [0.717, 1.165) is 0 Å². The van der Waals surface area contributed by atoms with Crippen LogP contribution in [0.15, 0.2) is 0 Å². The SMILES string of the molecule is NF.O=[N+]([O-])O. The second-order valence-electron chi connectivity index (χ2n) is 0.238. The molecule has 0 aromatic carbocycles. The molecule has 0 fully saturated rings. The molecular formula is H3FN2O3. The van der Waals surface area contributed by atoms with Crippen LogP contribution < -0.4 is 5.96 Å². The minimum absolute atomic E-state index is 1.50. The van der Waals surface area contributed by atoms with Crippen molar-refractivity contribution in [3.63, 3.8) is 0 Å². The van der Waals surface area contributed by atoms with Crippen LogP contribution >= 0.6 is 0 Å². The predicted octanol–water partition coefficient (Wildman–Crippen LogP) is -0.518. The van der Waals surface area contributed by atoms with E-state index in [-0.39, 0.29) is 0 Å². The standard InChI is InChI=1S/FH2N.HNO3/c1-2;2-1(3)4/h2H2;(H,2,3,4). The van der Waals surface area contributed by atoms with Crippen molar-refractivity contribution in [3.05, 3.63) is 10.1 Å². The van der Waals surface area contributed by atoms with Crippen molar-refractivity contribution < 1.29 is 14.8 Å². The van der Waals surface area contributed by atoms with Crippen molar-refractivity contribution in [1.29, 1.82) is 0 Å². The van der Waals surface area contributed by atoms with Crippen LogP contribution in [0.2, 0.25) is 0 Å². The molecule has 0 aromatic rings. The highest BCUT2D eigenvalue weighted by atomic mass is 19.2. The van der Waals surface area contributed by atoms with Gasteiger partial charge in [0.25, 0.3) is 5.09 Å². The Balaban J connectivity index is 0. The molecule has 0 aromatic heterocycles. The third-order valence-corrected chi connectivity index (χ3v) is 0. The average molecular weight is 98.0 g/mol. The van der Waals surface area contributed by atoms with E-state index in [2.05, 4.69) is 5.96 Å². The summed E-state index contributed by atoms with van der Waals surface area (Å²) in [4.78, 5) is 8.36. The third kappa shape index (κ3) is 16.3. The van der Waals surface area contributed by atoms with Crippen molar-refractivity contribution in [2.24, 2.45) is 5.96 Å². The molecule has 0 aliphatic heterocycles. The third-order valence-electron chi connectivity index (χ3n) is 0. The van der Waals surface area contributed by atoms with E-state index >= 15 is 0 Å². The zero-order chi connectivity index (χ0) is 5.58. The van der Waals surface area contributed by atoms with Gasteiger partial charge in [-0.25, -0.2) is 0 Å². The maximum absolute atomic E-state index is 9.00. The number of nitrogens with zero attached hydrogens (tertiary/aromatic N) is 1. The highest BCUT2D eigenvalue weighted by Crippen LogP contribution is 1.38. The smallest absolute Gasteiger partial charge is 0.291 e. The second kappa shape index (κ2) is 8.94. The van der Waals surface area contributed by atoms with Crippen LogP contribution in [-0.2, 0) is 0 Å². The van der Waals surface area contributed by atoms with Gasteiger partial charge in [0.15, 0.2) is 0 Å². The Hall–Kier alpha value is -0.910. The van der Waals surface area contributed by atoms with Crippen LogP contribution in [0.1, 0.15) is 0 Å². The first-order valence-electron chi connectivity index (χ1n) is 0.783. The summed E-state index contributed by atoms with van der Waals surface area (Å²) in [5.74, 6) is 3.00. The lowest BCUT2D eigenvalue weighted by molar-refractivity contribution is -0.742. The van der Waals surface area contributed by atoms with Crippen LogP contribution in [-0.4, -0.2) is 10.3 Å². The minimum Gasteiger partial charge on any atom is -0.328 e. The minimum atomic E-state index is -1.50. The Labute approximate surface area is 32.2 Å². The van der Waals surface area contributed by atoms with Crippen LogP contribution in [0, 0.1) is 10.1 Å². The largest absolute Gasteiger partial charge is 0.328 e. The van der Waals surface area contributed by atoms with Crippen molar-refractivity contribution >= 4 is 0 Å². The van der Waals surface area contributed by atoms with Gasteiger partial charge in [0, 0.05) is 0 Å². The van der Waals surface area contributed by atoms with Gasteiger partial charge in [0.2, 0.25) is 0 Å². The zero-order valence-corrected chi connectivity index (χ0v) is 2.67. The predicted molar refractivity (Wildman–Crippen MR) is 14.1 cm³/mol. The van der Waals surface area contributed by atoms with Crippen LogP contribution in [0.25, 0.3) is 0 Å². The molecule has 0 atom stereocenters. The van der Waals surface area contributed by atoms with Crippen LogP contribution in [0.4, 0.5) is 4.48 Å². The molecule has 0 aliphatic rings. The monoisotopic (exact) mass is 98.0 g/mol. The molecule has 0 saturated carbocycles. The fraction of sp³-hybridized carbons (Fsp3) is 0. The quantitative estimate of drug-likeness (QED) is 0.242. The molecule has 38 valence electrons. The lowest BCUT2D eigenvalue weighted by Crippen LogP contribution is -1.81. The Bertz CT molecular complexity index is 31.8. The first-order valence-corrected chi connectivity index (χ1v) is 0.783. The van der Waals surface area contributed by atoms with Crippen molar-refractivity contribution in [1.82, 2.24) is 0 Å². The van der Waals surface area contributed by atoms with Crippen molar-refractivity contribution in [2.45, 2.75) is 0 Å². The Morgan fingerprint density at radius 1 is 1.83 bits per heavy atom. The molecule has 0 unspecified atom stereocenters. The Morgan fingerprint density at radius 2 is 1.83 bits per heavy atom. The van der Waals surface area contributed by atoms with E-state index in [1.54, 1.807) is 0 Å². The highest BCUT2D eigenvalue weighted by Gasteiger charge is 1.65. The molecular weight excluding hydrogens is 95.0 g/mol. The van der Waals surface area contributed by atoms with E-state index in [9.17, 15) is 0 Å². The van der Waals surface area contributed by atoms with Crippen LogP contribution in [0.3, 0.4) is 0 Å². The Kier molecular flexibility index (Phi) is 13.3. The first kappa shape index (κ1) is 8.92. The van der Waals surface area contributed by atoms with Gasteiger partial charge < -0.3 is 5.21 Å². The number of halogens is 1. The van der Waals surface area contributed by atoms with E-state index in [0.29, 0.717) is 0 Å². The maximum atomic E-state index is 9.00. The Morgan fingerprint density at radius 3 is 1.83 bits per heavy atom.